The van der Waals surface area contributed by atoms with Gasteiger partial charge in [-0.15, -0.1) is 0 Å². The van der Waals surface area contributed by atoms with Crippen molar-refractivity contribution in [1.82, 2.24) is 4.98 Å². The minimum absolute atomic E-state index is 0.326. The van der Waals surface area contributed by atoms with Crippen LogP contribution in [0.3, 0.4) is 0 Å². The lowest BCUT2D eigenvalue weighted by atomic mass is 10.0. The Balaban J connectivity index is 2.26. The molecule has 0 fully saturated rings. The number of carbonyl (C=O) groups is 1. The molecule has 26 heavy (non-hydrogen) atoms. The highest BCUT2D eigenvalue weighted by Gasteiger charge is 2.18. The molecule has 2 aromatic carbocycles. The summed E-state index contributed by atoms with van der Waals surface area (Å²) in [4.78, 5) is 17.0. The SMILES string of the molecule is CCOC(=O)c1cnc2c(C)cc(C)cc2c1Nc1cccc(C)c1C. The zero-order valence-electron chi connectivity index (χ0n) is 15.9. The van der Waals surface area contributed by atoms with Gasteiger partial charge < -0.3 is 10.1 Å². The molecule has 0 spiro atoms. The number of fused-ring (bicyclic) bond motifs is 1. The van der Waals surface area contributed by atoms with E-state index in [0.717, 1.165) is 39.0 Å². The van der Waals surface area contributed by atoms with E-state index in [4.69, 9.17) is 4.74 Å². The maximum absolute atomic E-state index is 12.5. The van der Waals surface area contributed by atoms with Gasteiger partial charge in [-0.05, 0) is 63.4 Å². The summed E-state index contributed by atoms with van der Waals surface area (Å²) >= 11 is 0. The molecule has 0 aliphatic carbocycles. The average Bonchev–Trinajstić information content (AvgIpc) is 2.59. The summed E-state index contributed by atoms with van der Waals surface area (Å²) in [7, 11) is 0. The third-order valence-electron chi connectivity index (χ3n) is 4.67. The van der Waals surface area contributed by atoms with Crippen LogP contribution < -0.4 is 5.32 Å². The van der Waals surface area contributed by atoms with Crippen LogP contribution in [0.4, 0.5) is 11.4 Å². The van der Waals surface area contributed by atoms with E-state index in [2.05, 4.69) is 42.3 Å². The van der Waals surface area contributed by atoms with E-state index in [1.807, 2.05) is 26.0 Å². The summed E-state index contributed by atoms with van der Waals surface area (Å²) in [6.07, 6.45) is 1.61. The van der Waals surface area contributed by atoms with Gasteiger partial charge in [0.15, 0.2) is 0 Å². The topological polar surface area (TPSA) is 51.2 Å². The molecule has 4 heteroatoms. The molecule has 4 nitrogen and oxygen atoms in total. The highest BCUT2D eigenvalue weighted by molar-refractivity contribution is 6.07. The Labute approximate surface area is 154 Å². The Morgan fingerprint density at radius 2 is 1.88 bits per heavy atom. The van der Waals surface area contributed by atoms with Crippen molar-refractivity contribution in [2.45, 2.75) is 34.6 Å². The van der Waals surface area contributed by atoms with Gasteiger partial charge in [-0.3, -0.25) is 4.98 Å². The maximum atomic E-state index is 12.5. The van der Waals surface area contributed by atoms with E-state index in [0.29, 0.717) is 12.2 Å². The quantitative estimate of drug-likeness (QED) is 0.642. The second kappa shape index (κ2) is 7.16. The van der Waals surface area contributed by atoms with Crippen molar-refractivity contribution in [2.24, 2.45) is 0 Å². The highest BCUT2D eigenvalue weighted by Crippen LogP contribution is 2.33. The molecule has 0 aliphatic heterocycles. The van der Waals surface area contributed by atoms with E-state index >= 15 is 0 Å². The molecule has 0 amide bonds. The number of anilines is 2. The number of nitrogens with one attached hydrogen (secondary N) is 1. The van der Waals surface area contributed by atoms with Gasteiger partial charge in [0, 0.05) is 17.3 Å². The molecule has 134 valence electrons. The minimum Gasteiger partial charge on any atom is -0.462 e. The normalized spacial score (nSPS) is 10.8. The number of carbonyl (C=O) groups excluding carboxylic acids is 1. The Bertz CT molecular complexity index is 993. The third-order valence-corrected chi connectivity index (χ3v) is 4.67. The molecule has 0 saturated heterocycles. The lowest BCUT2D eigenvalue weighted by molar-refractivity contribution is 0.0527. The summed E-state index contributed by atoms with van der Waals surface area (Å²) in [5.74, 6) is -0.367. The number of hydrogen-bond donors (Lipinski definition) is 1. The second-order valence-electron chi connectivity index (χ2n) is 6.62. The lowest BCUT2D eigenvalue weighted by Crippen LogP contribution is -2.10. The fourth-order valence-electron chi connectivity index (χ4n) is 3.18. The molecule has 3 aromatic rings. The van der Waals surface area contributed by atoms with E-state index in [1.54, 1.807) is 13.1 Å². The highest BCUT2D eigenvalue weighted by atomic mass is 16.5. The number of rotatable bonds is 4. The molecular formula is C22H24N2O2. The number of esters is 1. The van der Waals surface area contributed by atoms with E-state index in [1.165, 1.54) is 5.56 Å². The van der Waals surface area contributed by atoms with Crippen LogP contribution in [0.15, 0.2) is 36.5 Å². The fourth-order valence-corrected chi connectivity index (χ4v) is 3.18. The number of ether oxygens (including phenoxy) is 1. The number of aryl methyl sites for hydroxylation is 3. The number of nitrogens with zero attached hydrogens (tertiary/aromatic N) is 1. The molecule has 0 radical (unpaired) electrons. The van der Waals surface area contributed by atoms with Gasteiger partial charge in [-0.2, -0.15) is 0 Å². The predicted molar refractivity (Wildman–Crippen MR) is 106 cm³/mol. The largest absolute Gasteiger partial charge is 0.462 e. The number of benzene rings is 2. The van der Waals surface area contributed by atoms with Crippen molar-refractivity contribution in [3.8, 4) is 0 Å². The van der Waals surface area contributed by atoms with Crippen molar-refractivity contribution in [1.29, 1.82) is 0 Å². The Kier molecular flexibility index (Phi) is 4.94. The summed E-state index contributed by atoms with van der Waals surface area (Å²) in [5.41, 5.74) is 7.61. The third kappa shape index (κ3) is 3.27. The number of aromatic nitrogens is 1. The van der Waals surface area contributed by atoms with Crippen LogP contribution in [-0.4, -0.2) is 17.6 Å². The molecule has 0 bridgehead atoms. The van der Waals surface area contributed by atoms with E-state index in [-0.39, 0.29) is 5.97 Å². The summed E-state index contributed by atoms with van der Waals surface area (Å²) < 4.78 is 5.25. The fraction of sp³-hybridized carbons (Fsp3) is 0.273. The molecular weight excluding hydrogens is 324 g/mol. The molecule has 0 atom stereocenters. The molecule has 3 rings (SSSR count). The van der Waals surface area contributed by atoms with Crippen LogP contribution in [0.5, 0.6) is 0 Å². The molecule has 1 heterocycles. The van der Waals surface area contributed by atoms with Crippen LogP contribution in [0.1, 0.15) is 39.5 Å². The van der Waals surface area contributed by atoms with Gasteiger partial charge in [0.25, 0.3) is 0 Å². The van der Waals surface area contributed by atoms with Crippen LogP contribution in [0.2, 0.25) is 0 Å². The van der Waals surface area contributed by atoms with Crippen LogP contribution in [0.25, 0.3) is 10.9 Å². The van der Waals surface area contributed by atoms with Crippen molar-refractivity contribution in [2.75, 3.05) is 11.9 Å². The van der Waals surface area contributed by atoms with Crippen molar-refractivity contribution in [3.63, 3.8) is 0 Å². The van der Waals surface area contributed by atoms with E-state index in [9.17, 15) is 4.79 Å². The zero-order chi connectivity index (χ0) is 18.8. The van der Waals surface area contributed by atoms with Crippen LogP contribution in [-0.2, 0) is 4.74 Å². The summed E-state index contributed by atoms with van der Waals surface area (Å²) in [5, 5.41) is 4.40. The first-order valence-electron chi connectivity index (χ1n) is 8.82. The Hall–Kier alpha value is -2.88. The lowest BCUT2D eigenvalue weighted by Gasteiger charge is -2.17. The van der Waals surface area contributed by atoms with E-state index < -0.39 is 0 Å². The van der Waals surface area contributed by atoms with Crippen LogP contribution >= 0.6 is 0 Å². The first kappa shape index (κ1) is 17.9. The van der Waals surface area contributed by atoms with Crippen LogP contribution in [0, 0.1) is 27.7 Å². The minimum atomic E-state index is -0.367. The maximum Gasteiger partial charge on any atom is 0.341 e. The molecule has 1 aromatic heterocycles. The van der Waals surface area contributed by atoms with Gasteiger partial charge in [0.2, 0.25) is 0 Å². The standard InChI is InChI=1S/C22H24N2O2/c1-6-26-22(25)18-12-23-20-15(4)10-13(2)11-17(20)21(18)24-19-9-7-8-14(3)16(19)5/h7-12H,6H2,1-5H3,(H,23,24). The summed E-state index contributed by atoms with van der Waals surface area (Å²) in [6, 6.07) is 10.3. The number of pyridine rings is 1. The average molecular weight is 348 g/mol. The Morgan fingerprint density at radius 3 is 2.62 bits per heavy atom. The first-order chi connectivity index (χ1) is 12.4. The molecule has 0 aliphatic rings. The van der Waals surface area contributed by atoms with Crippen molar-refractivity contribution < 1.29 is 9.53 Å². The predicted octanol–water partition coefficient (Wildman–Crippen LogP) is 5.39. The first-order valence-corrected chi connectivity index (χ1v) is 8.82. The van der Waals surface area contributed by atoms with Gasteiger partial charge in [0.1, 0.15) is 5.56 Å². The number of hydrogen-bond acceptors (Lipinski definition) is 4. The molecule has 0 unspecified atom stereocenters. The van der Waals surface area contributed by atoms with Gasteiger partial charge in [0.05, 0.1) is 17.8 Å². The molecule has 1 N–H and O–H groups in total. The zero-order valence-corrected chi connectivity index (χ0v) is 15.9. The Morgan fingerprint density at radius 1 is 1.12 bits per heavy atom. The van der Waals surface area contributed by atoms with Gasteiger partial charge >= 0.3 is 5.97 Å². The van der Waals surface area contributed by atoms with Crippen molar-refractivity contribution >= 4 is 28.2 Å². The van der Waals surface area contributed by atoms with Crippen molar-refractivity contribution in [3.05, 3.63) is 64.3 Å². The summed E-state index contributed by atoms with van der Waals surface area (Å²) in [6.45, 7) is 10.4. The molecule has 0 saturated carbocycles. The second-order valence-corrected chi connectivity index (χ2v) is 6.62. The van der Waals surface area contributed by atoms with Gasteiger partial charge in [-0.1, -0.05) is 23.8 Å². The van der Waals surface area contributed by atoms with Gasteiger partial charge in [-0.25, -0.2) is 4.79 Å². The smallest absolute Gasteiger partial charge is 0.341 e. The monoisotopic (exact) mass is 348 g/mol.